The highest BCUT2D eigenvalue weighted by atomic mass is 32.1. The van der Waals surface area contributed by atoms with Gasteiger partial charge in [-0.15, -0.1) is 6.58 Å². The van der Waals surface area contributed by atoms with Crippen molar-refractivity contribution in [1.29, 1.82) is 0 Å². The minimum atomic E-state index is -0.527. The van der Waals surface area contributed by atoms with Crippen molar-refractivity contribution in [2.24, 2.45) is 0 Å². The Hall–Kier alpha value is -2.28. The van der Waals surface area contributed by atoms with Gasteiger partial charge in [-0.05, 0) is 25.2 Å². The van der Waals surface area contributed by atoms with E-state index in [-0.39, 0.29) is 16.4 Å². The summed E-state index contributed by atoms with van der Waals surface area (Å²) in [7, 11) is 0. The first-order valence-electron chi connectivity index (χ1n) is 5.41. The average molecular weight is 279 g/mol. The molecule has 100 valence electrons. The number of nitrogens with zero attached hydrogens (tertiary/aromatic N) is 1. The fourth-order valence-electron chi connectivity index (χ4n) is 1.45. The van der Waals surface area contributed by atoms with E-state index in [1.54, 1.807) is 6.08 Å². The van der Waals surface area contributed by atoms with Crippen molar-refractivity contribution >= 4 is 28.9 Å². The van der Waals surface area contributed by atoms with E-state index in [1.165, 1.54) is 25.1 Å². The van der Waals surface area contributed by atoms with Crippen molar-refractivity contribution in [1.82, 2.24) is 10.6 Å². The van der Waals surface area contributed by atoms with Gasteiger partial charge in [-0.3, -0.25) is 20.2 Å². The molecule has 0 radical (unpaired) electrons. The lowest BCUT2D eigenvalue weighted by Gasteiger charge is -2.09. The lowest BCUT2D eigenvalue weighted by atomic mass is 10.1. The molecule has 6 nitrogen and oxygen atoms in total. The summed E-state index contributed by atoms with van der Waals surface area (Å²) < 4.78 is 0. The van der Waals surface area contributed by atoms with Crippen molar-refractivity contribution in [3.05, 3.63) is 52.1 Å². The largest absolute Gasteiger partial charge is 0.359 e. The number of thiocarbonyl (C=S) groups is 1. The second-order valence-corrected chi connectivity index (χ2v) is 4.07. The zero-order valence-electron chi connectivity index (χ0n) is 10.3. The standard InChI is InChI=1S/C12H13N3O3S/c1-3-7-13-12(19)14-11(16)9-5-4-6-10(8(9)2)15(17)18/h3-6H,1,7H2,2H3,(H2,13,14,16,19). The molecule has 0 unspecified atom stereocenters. The first-order valence-corrected chi connectivity index (χ1v) is 5.82. The van der Waals surface area contributed by atoms with Gasteiger partial charge in [0.2, 0.25) is 0 Å². The Balaban J connectivity index is 2.88. The van der Waals surface area contributed by atoms with Gasteiger partial charge in [0.05, 0.1) is 4.92 Å². The maximum atomic E-state index is 11.9. The van der Waals surface area contributed by atoms with E-state index in [4.69, 9.17) is 12.2 Å². The first-order chi connectivity index (χ1) is 8.97. The molecule has 0 saturated carbocycles. The number of nitrogens with one attached hydrogen (secondary N) is 2. The molecule has 0 saturated heterocycles. The highest BCUT2D eigenvalue weighted by Crippen LogP contribution is 2.20. The molecule has 0 aliphatic heterocycles. The van der Waals surface area contributed by atoms with Crippen LogP contribution in [0.1, 0.15) is 15.9 Å². The van der Waals surface area contributed by atoms with E-state index in [0.29, 0.717) is 12.1 Å². The van der Waals surface area contributed by atoms with E-state index in [2.05, 4.69) is 17.2 Å². The van der Waals surface area contributed by atoms with Crippen LogP contribution in [-0.4, -0.2) is 22.5 Å². The number of hydrogen-bond donors (Lipinski definition) is 2. The molecule has 2 N–H and O–H groups in total. The molecule has 0 heterocycles. The molecule has 1 rings (SSSR count). The molecule has 1 aromatic rings. The van der Waals surface area contributed by atoms with Gasteiger partial charge in [0.25, 0.3) is 11.6 Å². The highest BCUT2D eigenvalue weighted by molar-refractivity contribution is 7.80. The van der Waals surface area contributed by atoms with Gasteiger partial charge in [-0.1, -0.05) is 12.1 Å². The van der Waals surface area contributed by atoms with Crippen LogP contribution < -0.4 is 10.6 Å². The third-order valence-electron chi connectivity index (χ3n) is 2.38. The van der Waals surface area contributed by atoms with Crippen molar-refractivity contribution < 1.29 is 9.72 Å². The fraction of sp³-hybridized carbons (Fsp3) is 0.167. The highest BCUT2D eigenvalue weighted by Gasteiger charge is 2.18. The summed E-state index contributed by atoms with van der Waals surface area (Å²) in [5.74, 6) is -0.484. The summed E-state index contributed by atoms with van der Waals surface area (Å²) in [6, 6.07) is 4.31. The van der Waals surface area contributed by atoms with E-state index in [9.17, 15) is 14.9 Å². The average Bonchev–Trinajstić information content (AvgIpc) is 2.36. The number of rotatable bonds is 4. The van der Waals surface area contributed by atoms with Crippen LogP contribution in [0.4, 0.5) is 5.69 Å². The summed E-state index contributed by atoms with van der Waals surface area (Å²) in [5.41, 5.74) is 0.422. The summed E-state index contributed by atoms with van der Waals surface area (Å²) in [6.07, 6.45) is 1.59. The number of hydrogen-bond acceptors (Lipinski definition) is 4. The number of carbonyl (C=O) groups is 1. The van der Waals surface area contributed by atoms with Crippen LogP contribution in [0, 0.1) is 17.0 Å². The van der Waals surface area contributed by atoms with E-state index in [1.807, 2.05) is 0 Å². The van der Waals surface area contributed by atoms with Crippen LogP contribution >= 0.6 is 12.2 Å². The van der Waals surface area contributed by atoms with Crippen molar-refractivity contribution in [3.8, 4) is 0 Å². The summed E-state index contributed by atoms with van der Waals surface area (Å²) in [4.78, 5) is 22.2. The van der Waals surface area contributed by atoms with Gasteiger partial charge >= 0.3 is 0 Å². The van der Waals surface area contributed by atoms with Gasteiger partial charge in [0.15, 0.2) is 5.11 Å². The number of benzene rings is 1. The van der Waals surface area contributed by atoms with Crippen LogP contribution in [0.15, 0.2) is 30.9 Å². The maximum absolute atomic E-state index is 11.9. The second-order valence-electron chi connectivity index (χ2n) is 3.66. The summed E-state index contributed by atoms with van der Waals surface area (Å²) >= 11 is 4.90. The van der Waals surface area contributed by atoms with E-state index < -0.39 is 10.8 Å². The first kappa shape index (κ1) is 14.8. The lowest BCUT2D eigenvalue weighted by molar-refractivity contribution is -0.385. The van der Waals surface area contributed by atoms with Crippen LogP contribution in [0.3, 0.4) is 0 Å². The van der Waals surface area contributed by atoms with Crippen LogP contribution in [0.5, 0.6) is 0 Å². The molecular formula is C12H13N3O3S. The Kier molecular flexibility index (Phi) is 5.13. The van der Waals surface area contributed by atoms with E-state index in [0.717, 1.165) is 0 Å². The van der Waals surface area contributed by atoms with Crippen LogP contribution in [-0.2, 0) is 0 Å². The van der Waals surface area contributed by atoms with Gasteiger partial charge in [0.1, 0.15) is 0 Å². The summed E-state index contributed by atoms with van der Waals surface area (Å²) in [6.45, 7) is 5.45. The minimum Gasteiger partial charge on any atom is -0.359 e. The zero-order chi connectivity index (χ0) is 14.4. The number of carbonyl (C=O) groups excluding carboxylic acids is 1. The molecule has 19 heavy (non-hydrogen) atoms. The van der Waals surface area contributed by atoms with Crippen molar-refractivity contribution in [2.45, 2.75) is 6.92 Å². The predicted molar refractivity (Wildman–Crippen MR) is 76.1 cm³/mol. The normalized spacial score (nSPS) is 9.53. The Morgan fingerprint density at radius 3 is 2.84 bits per heavy atom. The molecule has 0 aromatic heterocycles. The number of nitro groups is 1. The lowest BCUT2D eigenvalue weighted by Crippen LogP contribution is -2.39. The Labute approximate surface area is 115 Å². The molecule has 1 amide bonds. The SMILES string of the molecule is C=CCNC(=S)NC(=O)c1cccc([N+](=O)[O-])c1C. The molecule has 0 fully saturated rings. The van der Waals surface area contributed by atoms with E-state index >= 15 is 0 Å². The molecule has 0 spiro atoms. The monoisotopic (exact) mass is 279 g/mol. The smallest absolute Gasteiger partial charge is 0.273 e. The fourth-order valence-corrected chi connectivity index (χ4v) is 1.62. The third-order valence-corrected chi connectivity index (χ3v) is 2.63. The molecule has 7 heteroatoms. The zero-order valence-corrected chi connectivity index (χ0v) is 11.1. The van der Waals surface area contributed by atoms with Gasteiger partial charge in [-0.2, -0.15) is 0 Å². The van der Waals surface area contributed by atoms with Crippen molar-refractivity contribution in [3.63, 3.8) is 0 Å². The number of nitro benzene ring substituents is 1. The number of amides is 1. The third kappa shape index (κ3) is 3.85. The van der Waals surface area contributed by atoms with Crippen molar-refractivity contribution in [2.75, 3.05) is 6.54 Å². The molecule has 0 atom stereocenters. The second kappa shape index (κ2) is 6.60. The Morgan fingerprint density at radius 1 is 1.58 bits per heavy atom. The van der Waals surface area contributed by atoms with Gasteiger partial charge in [-0.25, -0.2) is 0 Å². The Morgan fingerprint density at radius 2 is 2.26 bits per heavy atom. The predicted octanol–water partition coefficient (Wildman–Crippen LogP) is 1.69. The van der Waals surface area contributed by atoms with Crippen LogP contribution in [0.25, 0.3) is 0 Å². The van der Waals surface area contributed by atoms with Crippen LogP contribution in [0.2, 0.25) is 0 Å². The molecular weight excluding hydrogens is 266 g/mol. The quantitative estimate of drug-likeness (QED) is 0.379. The molecule has 0 aliphatic carbocycles. The maximum Gasteiger partial charge on any atom is 0.273 e. The molecule has 0 bridgehead atoms. The van der Waals surface area contributed by atoms with Gasteiger partial charge < -0.3 is 5.32 Å². The molecule has 0 aliphatic rings. The topological polar surface area (TPSA) is 84.3 Å². The Bertz CT molecular complexity index is 543. The van der Waals surface area contributed by atoms with Gasteiger partial charge in [0, 0.05) is 23.7 Å². The molecule has 1 aromatic carbocycles. The minimum absolute atomic E-state index is 0.0994. The summed E-state index contributed by atoms with van der Waals surface area (Å²) in [5, 5.41) is 16.1.